The van der Waals surface area contributed by atoms with Gasteiger partial charge in [0, 0.05) is 6.61 Å². The maximum Gasteiger partial charge on any atom is 0.277 e. The average molecular weight is 152 g/mol. The minimum Gasteiger partial charge on any atom is -0.396 e. The molecule has 0 aliphatic rings. The van der Waals surface area contributed by atoms with E-state index in [2.05, 4.69) is 0 Å². The Kier molecular flexibility index (Phi) is 3.77. The summed E-state index contributed by atoms with van der Waals surface area (Å²) >= 11 is 0. The lowest BCUT2D eigenvalue weighted by atomic mass is 10.2. The quantitative estimate of drug-likeness (QED) is 0.293. The van der Waals surface area contributed by atoms with Gasteiger partial charge in [-0.1, -0.05) is 0 Å². The van der Waals surface area contributed by atoms with Crippen LogP contribution in [0.5, 0.6) is 0 Å². The average Bonchev–Trinajstić information content (AvgIpc) is 1.59. The maximum absolute atomic E-state index is 8.74. The number of rotatable bonds is 4. The van der Waals surface area contributed by atoms with E-state index < -0.39 is 18.5 Å². The van der Waals surface area contributed by atoms with Crippen molar-refractivity contribution in [2.24, 2.45) is 0 Å². The molecule has 62 valence electrons. The highest BCUT2D eigenvalue weighted by Gasteiger charge is 2.22. The van der Waals surface area contributed by atoms with Gasteiger partial charge in [-0.15, -0.1) is 0 Å². The Morgan fingerprint density at radius 1 is 1.20 bits per heavy atom. The highest BCUT2D eigenvalue weighted by atomic mass is 16.7. The van der Waals surface area contributed by atoms with Gasteiger partial charge in [0.15, 0.2) is 0 Å². The zero-order valence-electron chi connectivity index (χ0n) is 5.43. The van der Waals surface area contributed by atoms with Crippen molar-refractivity contribution >= 4 is 0 Å². The number of aliphatic hydroxyl groups excluding tert-OH is 2. The smallest absolute Gasteiger partial charge is 0.277 e. The lowest BCUT2D eigenvalue weighted by Gasteiger charge is -2.17. The molecule has 0 radical (unpaired) electrons. The molecule has 1 atom stereocenters. The van der Waals surface area contributed by atoms with E-state index in [1.54, 1.807) is 0 Å². The van der Waals surface area contributed by atoms with Crippen LogP contribution in [0.3, 0.4) is 0 Å². The van der Waals surface area contributed by atoms with Crippen LogP contribution in [0, 0.1) is 0 Å². The first-order valence-electron chi connectivity index (χ1n) is 2.92. The van der Waals surface area contributed by atoms with E-state index in [1.807, 2.05) is 0 Å². The van der Waals surface area contributed by atoms with Crippen LogP contribution < -0.4 is 0 Å². The van der Waals surface area contributed by atoms with Crippen molar-refractivity contribution in [3.05, 3.63) is 0 Å². The molecule has 0 aromatic heterocycles. The fourth-order valence-electron chi connectivity index (χ4n) is 0.567. The summed E-state index contributed by atoms with van der Waals surface area (Å²) in [5, 5.41) is 41.8. The molecule has 0 saturated carbocycles. The standard InChI is InChI=1S/C5H12O5/c6-2-1-4(7)3-5(8,9)10/h4,6-10H,1-3H2. The zero-order valence-corrected chi connectivity index (χ0v) is 5.43. The molecule has 0 aromatic carbocycles. The first kappa shape index (κ1) is 9.80. The predicted molar refractivity (Wildman–Crippen MR) is 31.7 cm³/mol. The molecule has 0 rings (SSSR count). The highest BCUT2D eigenvalue weighted by Crippen LogP contribution is 2.06. The second kappa shape index (κ2) is 3.85. The van der Waals surface area contributed by atoms with Crippen molar-refractivity contribution in [2.45, 2.75) is 24.9 Å². The van der Waals surface area contributed by atoms with Crippen molar-refractivity contribution in [2.75, 3.05) is 6.61 Å². The molecule has 5 heteroatoms. The SMILES string of the molecule is OCCC(O)CC(O)(O)O. The van der Waals surface area contributed by atoms with Crippen LogP contribution in [-0.2, 0) is 0 Å². The summed E-state index contributed by atoms with van der Waals surface area (Å²) in [6.07, 6.45) is -1.65. The lowest BCUT2D eigenvalue weighted by molar-refractivity contribution is -0.322. The molecule has 5 N–H and O–H groups in total. The van der Waals surface area contributed by atoms with Gasteiger partial charge in [-0.3, -0.25) is 0 Å². The van der Waals surface area contributed by atoms with E-state index in [0.29, 0.717) is 0 Å². The molecule has 0 aliphatic carbocycles. The van der Waals surface area contributed by atoms with Gasteiger partial charge in [0.05, 0.1) is 12.5 Å². The third-order valence-corrected chi connectivity index (χ3v) is 0.972. The van der Waals surface area contributed by atoms with Crippen LogP contribution in [-0.4, -0.2) is 44.2 Å². The molecule has 0 fully saturated rings. The third-order valence-electron chi connectivity index (χ3n) is 0.972. The Balaban J connectivity index is 3.47. The van der Waals surface area contributed by atoms with Crippen LogP contribution in [0.4, 0.5) is 0 Å². The van der Waals surface area contributed by atoms with Crippen LogP contribution in [0.2, 0.25) is 0 Å². The summed E-state index contributed by atoms with van der Waals surface area (Å²) in [4.78, 5) is 0. The van der Waals surface area contributed by atoms with Gasteiger partial charge in [-0.2, -0.15) is 0 Å². The van der Waals surface area contributed by atoms with Gasteiger partial charge < -0.3 is 25.5 Å². The first-order valence-corrected chi connectivity index (χ1v) is 2.92. The molecule has 0 amide bonds. The van der Waals surface area contributed by atoms with Gasteiger partial charge in [-0.25, -0.2) is 0 Å². The van der Waals surface area contributed by atoms with E-state index in [-0.39, 0.29) is 13.0 Å². The number of hydrogen-bond donors (Lipinski definition) is 5. The fourth-order valence-corrected chi connectivity index (χ4v) is 0.567. The normalized spacial score (nSPS) is 15.3. The van der Waals surface area contributed by atoms with Crippen LogP contribution in [0.25, 0.3) is 0 Å². The molecule has 0 spiro atoms. The number of aliphatic hydroxyl groups is 5. The highest BCUT2D eigenvalue weighted by molar-refractivity contribution is 4.58. The van der Waals surface area contributed by atoms with E-state index in [9.17, 15) is 0 Å². The Morgan fingerprint density at radius 2 is 1.70 bits per heavy atom. The molecule has 10 heavy (non-hydrogen) atoms. The summed E-state index contributed by atoms with van der Waals surface area (Å²) < 4.78 is 0. The molecule has 5 nitrogen and oxygen atoms in total. The molecule has 0 bridgehead atoms. The van der Waals surface area contributed by atoms with Gasteiger partial charge in [0.1, 0.15) is 0 Å². The maximum atomic E-state index is 8.74. The Labute approximate surface area is 58.2 Å². The molecular weight excluding hydrogens is 140 g/mol. The summed E-state index contributed by atoms with van der Waals surface area (Å²) in [5.74, 6) is -2.84. The summed E-state index contributed by atoms with van der Waals surface area (Å²) in [6.45, 7) is -0.253. The zero-order chi connectivity index (χ0) is 8.20. The van der Waals surface area contributed by atoms with E-state index >= 15 is 0 Å². The summed E-state index contributed by atoms with van der Waals surface area (Å²) in [7, 11) is 0. The summed E-state index contributed by atoms with van der Waals surface area (Å²) in [5.41, 5.74) is 0. The fraction of sp³-hybridized carbons (Fsp3) is 1.00. The van der Waals surface area contributed by atoms with Crippen molar-refractivity contribution in [3.8, 4) is 0 Å². The van der Waals surface area contributed by atoms with Gasteiger partial charge in [0.2, 0.25) is 0 Å². The van der Waals surface area contributed by atoms with Gasteiger partial charge >= 0.3 is 0 Å². The Bertz CT molecular complexity index is 86.5. The number of hydrogen-bond acceptors (Lipinski definition) is 5. The summed E-state index contributed by atoms with van der Waals surface area (Å²) in [6, 6.07) is 0. The van der Waals surface area contributed by atoms with Crippen LogP contribution in [0.15, 0.2) is 0 Å². The monoisotopic (exact) mass is 152 g/mol. The van der Waals surface area contributed by atoms with Crippen LogP contribution in [0.1, 0.15) is 12.8 Å². The molecule has 0 aromatic rings. The minimum atomic E-state index is -2.84. The van der Waals surface area contributed by atoms with Gasteiger partial charge in [-0.05, 0) is 6.42 Å². The Hall–Kier alpha value is -0.200. The van der Waals surface area contributed by atoms with E-state index in [1.165, 1.54) is 0 Å². The lowest BCUT2D eigenvalue weighted by Crippen LogP contribution is -2.32. The van der Waals surface area contributed by atoms with Crippen molar-refractivity contribution in [3.63, 3.8) is 0 Å². The van der Waals surface area contributed by atoms with Crippen molar-refractivity contribution in [1.29, 1.82) is 0 Å². The molecule has 0 aliphatic heterocycles. The van der Waals surface area contributed by atoms with Crippen molar-refractivity contribution in [1.82, 2.24) is 0 Å². The first-order chi connectivity index (χ1) is 4.45. The second-order valence-electron chi connectivity index (χ2n) is 2.14. The molecule has 1 unspecified atom stereocenters. The Morgan fingerprint density at radius 3 is 2.00 bits per heavy atom. The van der Waals surface area contributed by atoms with E-state index in [4.69, 9.17) is 25.5 Å². The second-order valence-corrected chi connectivity index (χ2v) is 2.14. The largest absolute Gasteiger partial charge is 0.396 e. The topological polar surface area (TPSA) is 101 Å². The van der Waals surface area contributed by atoms with E-state index in [0.717, 1.165) is 0 Å². The minimum absolute atomic E-state index is 0.0173. The van der Waals surface area contributed by atoms with Crippen LogP contribution >= 0.6 is 0 Å². The third kappa shape index (κ3) is 5.93. The predicted octanol–water partition coefficient (Wildman–Crippen LogP) is -2.25. The van der Waals surface area contributed by atoms with Gasteiger partial charge in [0.25, 0.3) is 5.97 Å². The molecule has 0 heterocycles. The molecular formula is C5H12O5. The molecule has 0 saturated heterocycles. The van der Waals surface area contributed by atoms with Crippen molar-refractivity contribution < 1.29 is 25.5 Å².